The zero-order chi connectivity index (χ0) is 20.8. The lowest BCUT2D eigenvalue weighted by Crippen LogP contribution is -2.30. The summed E-state index contributed by atoms with van der Waals surface area (Å²) in [5.41, 5.74) is 2.11. The van der Waals surface area contributed by atoms with Crippen molar-refractivity contribution in [3.8, 4) is 11.5 Å². The molecule has 0 aliphatic carbocycles. The summed E-state index contributed by atoms with van der Waals surface area (Å²) in [4.78, 5) is 28.5. The lowest BCUT2D eigenvalue weighted by molar-refractivity contribution is -0.124. The highest BCUT2D eigenvalue weighted by Crippen LogP contribution is 2.27. The molecule has 0 unspecified atom stereocenters. The van der Waals surface area contributed by atoms with Gasteiger partial charge in [0.2, 0.25) is 0 Å². The van der Waals surface area contributed by atoms with E-state index in [9.17, 15) is 9.59 Å². The molecule has 3 aromatic rings. The van der Waals surface area contributed by atoms with Crippen LogP contribution in [0, 0.1) is 6.92 Å². The molecule has 1 N–H and O–H groups in total. The maximum atomic E-state index is 12.3. The van der Waals surface area contributed by atoms with Crippen molar-refractivity contribution in [2.75, 3.05) is 27.4 Å². The number of nitrogens with zero attached hydrogens (tertiary/aromatic N) is 3. The number of amides is 1. The molecule has 0 spiro atoms. The van der Waals surface area contributed by atoms with E-state index in [1.807, 2.05) is 18.2 Å². The minimum Gasteiger partial charge on any atom is -0.493 e. The molecule has 9 nitrogen and oxygen atoms in total. The van der Waals surface area contributed by atoms with Crippen molar-refractivity contribution in [2.45, 2.75) is 13.3 Å². The number of hydrogen-bond acceptors (Lipinski definition) is 7. The van der Waals surface area contributed by atoms with Crippen LogP contribution in [0.25, 0.3) is 5.65 Å². The Morgan fingerprint density at radius 1 is 1.17 bits per heavy atom. The molecule has 0 bridgehead atoms. The molecule has 0 aliphatic heterocycles. The third kappa shape index (κ3) is 4.63. The van der Waals surface area contributed by atoms with Gasteiger partial charge in [0.15, 0.2) is 23.8 Å². The van der Waals surface area contributed by atoms with E-state index >= 15 is 0 Å². The number of aromatic nitrogens is 3. The fourth-order valence-corrected chi connectivity index (χ4v) is 2.87. The Hall–Kier alpha value is -3.62. The van der Waals surface area contributed by atoms with Crippen LogP contribution in [0.2, 0.25) is 0 Å². The summed E-state index contributed by atoms with van der Waals surface area (Å²) in [6.45, 7) is 1.70. The minimum absolute atomic E-state index is 0.253. The number of fused-ring (bicyclic) bond motifs is 1. The number of ether oxygens (including phenoxy) is 3. The third-order valence-electron chi connectivity index (χ3n) is 4.29. The Morgan fingerprint density at radius 2 is 1.97 bits per heavy atom. The van der Waals surface area contributed by atoms with Crippen molar-refractivity contribution >= 4 is 17.5 Å². The fraction of sp³-hybridized carbons (Fsp3) is 0.300. The minimum atomic E-state index is -0.633. The van der Waals surface area contributed by atoms with Gasteiger partial charge in [0.25, 0.3) is 5.91 Å². The molecule has 0 saturated heterocycles. The first-order chi connectivity index (χ1) is 14.0. The summed E-state index contributed by atoms with van der Waals surface area (Å²) < 4.78 is 17.1. The number of carbonyl (C=O) groups is 2. The quantitative estimate of drug-likeness (QED) is 0.574. The maximum absolute atomic E-state index is 12.3. The molecule has 0 atom stereocenters. The molecule has 0 radical (unpaired) electrons. The van der Waals surface area contributed by atoms with Gasteiger partial charge in [-0.2, -0.15) is 5.10 Å². The van der Waals surface area contributed by atoms with E-state index in [-0.39, 0.29) is 18.1 Å². The summed E-state index contributed by atoms with van der Waals surface area (Å²) in [7, 11) is 3.14. The molecule has 1 aromatic carbocycles. The van der Waals surface area contributed by atoms with Gasteiger partial charge >= 0.3 is 5.97 Å². The smallest absolute Gasteiger partial charge is 0.344 e. The Morgan fingerprint density at radius 3 is 2.72 bits per heavy atom. The highest BCUT2D eigenvalue weighted by atomic mass is 16.5. The molecule has 9 heteroatoms. The summed E-state index contributed by atoms with van der Waals surface area (Å²) in [6, 6.07) is 7.27. The molecule has 152 valence electrons. The van der Waals surface area contributed by atoms with Crippen molar-refractivity contribution in [1.82, 2.24) is 19.9 Å². The average molecular weight is 398 g/mol. The summed E-state index contributed by atoms with van der Waals surface area (Å²) >= 11 is 0. The van der Waals surface area contributed by atoms with Crippen LogP contribution >= 0.6 is 0 Å². The number of benzene rings is 1. The maximum Gasteiger partial charge on any atom is 0.344 e. The molecule has 0 saturated carbocycles. The van der Waals surface area contributed by atoms with Crippen molar-refractivity contribution in [3.63, 3.8) is 0 Å². The second-order valence-electron chi connectivity index (χ2n) is 6.21. The molecular weight excluding hydrogens is 376 g/mol. The Balaban J connectivity index is 1.50. The Labute approximate surface area is 167 Å². The standard InChI is InChI=1S/C20H22N4O5/c1-13-18(19-22-8-4-10-24(19)23-13)20(26)29-12-17(25)21-9-7-14-5-6-15(27-2)16(11-14)28-3/h4-6,8,10-11H,7,9,12H2,1-3H3,(H,21,25). The van der Waals surface area contributed by atoms with E-state index < -0.39 is 5.97 Å². The molecule has 29 heavy (non-hydrogen) atoms. The van der Waals surface area contributed by atoms with Crippen LogP contribution in [0.4, 0.5) is 0 Å². The topological polar surface area (TPSA) is 104 Å². The van der Waals surface area contributed by atoms with Crippen LogP contribution in [0.15, 0.2) is 36.7 Å². The lowest BCUT2D eigenvalue weighted by atomic mass is 10.1. The second kappa shape index (κ2) is 9.05. The fourth-order valence-electron chi connectivity index (χ4n) is 2.87. The highest BCUT2D eigenvalue weighted by Gasteiger charge is 2.20. The molecule has 0 aliphatic rings. The Kier molecular flexibility index (Phi) is 6.28. The first-order valence-corrected chi connectivity index (χ1v) is 8.98. The van der Waals surface area contributed by atoms with Gasteiger partial charge in [-0.05, 0) is 37.1 Å². The average Bonchev–Trinajstić information content (AvgIpc) is 3.07. The molecule has 2 heterocycles. The number of rotatable bonds is 8. The molecule has 3 rings (SSSR count). The van der Waals surface area contributed by atoms with Crippen LogP contribution < -0.4 is 14.8 Å². The van der Waals surface area contributed by atoms with E-state index in [2.05, 4.69) is 15.4 Å². The largest absolute Gasteiger partial charge is 0.493 e. The summed E-state index contributed by atoms with van der Waals surface area (Å²) in [6.07, 6.45) is 3.85. The monoisotopic (exact) mass is 398 g/mol. The van der Waals surface area contributed by atoms with E-state index in [1.54, 1.807) is 39.6 Å². The SMILES string of the molecule is COc1ccc(CCNC(=O)COC(=O)c2c(C)nn3cccnc23)cc1OC. The molecule has 0 fully saturated rings. The van der Waals surface area contributed by atoms with Gasteiger partial charge in [-0.15, -0.1) is 0 Å². The normalized spacial score (nSPS) is 10.6. The van der Waals surface area contributed by atoms with Gasteiger partial charge < -0.3 is 19.5 Å². The first-order valence-electron chi connectivity index (χ1n) is 8.98. The molecular formula is C20H22N4O5. The first kappa shape index (κ1) is 20.1. The van der Waals surface area contributed by atoms with Crippen molar-refractivity contribution in [1.29, 1.82) is 0 Å². The van der Waals surface area contributed by atoms with E-state index in [4.69, 9.17) is 14.2 Å². The molecule has 2 aromatic heterocycles. The van der Waals surface area contributed by atoms with Gasteiger partial charge in [-0.1, -0.05) is 6.07 Å². The van der Waals surface area contributed by atoms with Crippen molar-refractivity contribution < 1.29 is 23.8 Å². The second-order valence-corrected chi connectivity index (χ2v) is 6.21. The van der Waals surface area contributed by atoms with Crippen molar-refractivity contribution in [2.24, 2.45) is 0 Å². The lowest BCUT2D eigenvalue weighted by Gasteiger charge is -2.10. The van der Waals surface area contributed by atoms with Crippen LogP contribution in [-0.4, -0.2) is 53.8 Å². The number of methoxy groups -OCH3 is 2. The van der Waals surface area contributed by atoms with Gasteiger partial charge in [0.1, 0.15) is 5.56 Å². The third-order valence-corrected chi connectivity index (χ3v) is 4.29. The van der Waals surface area contributed by atoms with Crippen LogP contribution in [0.5, 0.6) is 11.5 Å². The predicted molar refractivity (Wildman–Crippen MR) is 104 cm³/mol. The molecule has 1 amide bonds. The van der Waals surface area contributed by atoms with Gasteiger partial charge in [0.05, 0.1) is 19.9 Å². The number of carbonyl (C=O) groups excluding carboxylic acids is 2. The van der Waals surface area contributed by atoms with Crippen LogP contribution in [0.3, 0.4) is 0 Å². The number of hydrogen-bond donors (Lipinski definition) is 1. The van der Waals surface area contributed by atoms with Gasteiger partial charge in [0, 0.05) is 18.9 Å². The van der Waals surface area contributed by atoms with E-state index in [1.165, 1.54) is 4.52 Å². The van der Waals surface area contributed by atoms with Crippen LogP contribution in [-0.2, 0) is 16.0 Å². The number of aryl methyl sites for hydroxylation is 1. The van der Waals surface area contributed by atoms with E-state index in [0.717, 1.165) is 5.56 Å². The zero-order valence-corrected chi connectivity index (χ0v) is 16.5. The van der Waals surface area contributed by atoms with Gasteiger partial charge in [-0.25, -0.2) is 14.3 Å². The predicted octanol–water partition coefficient (Wildman–Crippen LogP) is 1.57. The summed E-state index contributed by atoms with van der Waals surface area (Å²) in [5, 5.41) is 6.93. The number of esters is 1. The van der Waals surface area contributed by atoms with Crippen molar-refractivity contribution in [3.05, 3.63) is 53.5 Å². The highest BCUT2D eigenvalue weighted by molar-refractivity contribution is 5.98. The van der Waals surface area contributed by atoms with Gasteiger partial charge in [-0.3, -0.25) is 4.79 Å². The van der Waals surface area contributed by atoms with Crippen LogP contribution in [0.1, 0.15) is 21.6 Å². The zero-order valence-electron chi connectivity index (χ0n) is 16.5. The summed E-state index contributed by atoms with van der Waals surface area (Å²) in [5.74, 6) is 0.250. The van der Waals surface area contributed by atoms with E-state index in [0.29, 0.717) is 35.8 Å². The number of nitrogens with one attached hydrogen (secondary N) is 1. The Bertz CT molecular complexity index is 1030.